The quantitative estimate of drug-likeness (QED) is 0.801. The number of piperazine rings is 1. The van der Waals surface area contributed by atoms with Crippen molar-refractivity contribution >= 4 is 29.2 Å². The molecule has 0 aromatic carbocycles. The predicted molar refractivity (Wildman–Crippen MR) is 101 cm³/mol. The summed E-state index contributed by atoms with van der Waals surface area (Å²) in [5, 5.41) is 4.01. The molecule has 2 fully saturated rings. The Hall–Kier alpha value is -1.96. The summed E-state index contributed by atoms with van der Waals surface area (Å²) in [5.74, 6) is 0.858. The van der Waals surface area contributed by atoms with Gasteiger partial charge in [0.1, 0.15) is 0 Å². The smallest absolute Gasteiger partial charge is 0.242 e. The highest BCUT2D eigenvalue weighted by atomic mass is 32.1. The summed E-state index contributed by atoms with van der Waals surface area (Å²) < 4.78 is 0. The number of thiocarbonyl (C=S) groups is 1. The Morgan fingerprint density at radius 2 is 1.92 bits per heavy atom. The first-order chi connectivity index (χ1) is 11.9. The van der Waals surface area contributed by atoms with E-state index in [9.17, 15) is 4.79 Å². The van der Waals surface area contributed by atoms with Crippen molar-refractivity contribution in [1.82, 2.24) is 25.1 Å². The monoisotopic (exact) mass is 362 g/mol. The van der Waals surface area contributed by atoms with Gasteiger partial charge in [-0.2, -0.15) is 0 Å². The van der Waals surface area contributed by atoms with E-state index in [1.165, 1.54) is 0 Å². The average molecular weight is 363 g/mol. The number of carbonyl (C=O) groups excluding carboxylic acids is 1. The van der Waals surface area contributed by atoms with Crippen molar-refractivity contribution in [1.29, 1.82) is 0 Å². The van der Waals surface area contributed by atoms with Gasteiger partial charge in [-0.1, -0.05) is 0 Å². The van der Waals surface area contributed by atoms with E-state index >= 15 is 0 Å². The average Bonchev–Trinajstić information content (AvgIpc) is 2.58. The summed E-state index contributed by atoms with van der Waals surface area (Å²) in [4.78, 5) is 27.3. The lowest BCUT2D eigenvalue weighted by atomic mass is 9.93. The van der Waals surface area contributed by atoms with Gasteiger partial charge in [-0.15, -0.1) is 0 Å². The van der Waals surface area contributed by atoms with Crippen LogP contribution in [0.2, 0.25) is 0 Å². The second-order valence-corrected chi connectivity index (χ2v) is 7.80. The lowest BCUT2D eigenvalue weighted by molar-refractivity contribution is -0.132. The van der Waals surface area contributed by atoms with E-state index < -0.39 is 0 Å². The first-order valence-corrected chi connectivity index (χ1v) is 9.15. The number of amides is 1. The molecule has 8 heteroatoms. The molecule has 2 saturated heterocycles. The van der Waals surface area contributed by atoms with Crippen LogP contribution in [0.3, 0.4) is 0 Å². The van der Waals surface area contributed by atoms with Crippen molar-refractivity contribution < 1.29 is 4.79 Å². The van der Waals surface area contributed by atoms with Crippen molar-refractivity contribution in [2.24, 2.45) is 0 Å². The Morgan fingerprint density at radius 1 is 1.28 bits per heavy atom. The summed E-state index contributed by atoms with van der Waals surface area (Å²) in [5.41, 5.74) is -0.0165. The summed E-state index contributed by atoms with van der Waals surface area (Å²) in [6.07, 6.45) is 4.44. The third-order valence-electron chi connectivity index (χ3n) is 4.82. The molecule has 0 radical (unpaired) electrons. The number of aromatic nitrogens is 2. The van der Waals surface area contributed by atoms with Crippen LogP contribution in [0, 0.1) is 0 Å². The molecule has 2 aliphatic rings. The zero-order chi connectivity index (χ0) is 18.0. The van der Waals surface area contributed by atoms with Crippen LogP contribution in [-0.2, 0) is 4.79 Å². The summed E-state index contributed by atoms with van der Waals surface area (Å²) in [6, 6.07) is 2.06. The molecule has 2 aliphatic heterocycles. The highest BCUT2D eigenvalue weighted by molar-refractivity contribution is 7.80. The minimum absolute atomic E-state index is 0.0165. The van der Waals surface area contributed by atoms with E-state index in [1.54, 1.807) is 18.5 Å². The third kappa shape index (κ3) is 4.18. The molecule has 3 rings (SSSR count). The van der Waals surface area contributed by atoms with Crippen LogP contribution in [0.15, 0.2) is 18.5 Å². The molecule has 0 bridgehead atoms. The van der Waals surface area contributed by atoms with Gasteiger partial charge in [0.2, 0.25) is 11.9 Å². The zero-order valence-corrected chi connectivity index (χ0v) is 15.9. The van der Waals surface area contributed by atoms with Crippen LogP contribution in [0.25, 0.3) is 0 Å². The lowest BCUT2D eigenvalue weighted by Crippen LogP contribution is -2.62. The van der Waals surface area contributed by atoms with Gasteiger partial charge in [-0.25, -0.2) is 9.97 Å². The molecule has 1 amide bonds. The number of nitrogens with zero attached hydrogens (tertiary/aromatic N) is 5. The molecule has 1 atom stereocenters. The van der Waals surface area contributed by atoms with Crippen molar-refractivity contribution in [2.75, 3.05) is 37.6 Å². The van der Waals surface area contributed by atoms with Crippen LogP contribution in [-0.4, -0.2) is 75.1 Å². The lowest BCUT2D eigenvalue weighted by Gasteiger charge is -2.45. The number of hydrogen-bond donors (Lipinski definition) is 1. The fourth-order valence-corrected chi connectivity index (χ4v) is 4.07. The first-order valence-electron chi connectivity index (χ1n) is 8.74. The molecule has 0 spiro atoms. The molecule has 1 aromatic heterocycles. The van der Waals surface area contributed by atoms with Gasteiger partial charge in [0.15, 0.2) is 5.11 Å². The normalized spacial score (nSPS) is 23.4. The Kier molecular flexibility index (Phi) is 5.08. The van der Waals surface area contributed by atoms with Gasteiger partial charge < -0.3 is 20.0 Å². The highest BCUT2D eigenvalue weighted by Crippen LogP contribution is 2.22. The van der Waals surface area contributed by atoms with Gasteiger partial charge in [0.25, 0.3) is 0 Å². The summed E-state index contributed by atoms with van der Waals surface area (Å²) in [7, 11) is 0. The number of nitrogens with one attached hydrogen (secondary N) is 1. The van der Waals surface area contributed by atoms with Crippen LogP contribution >= 0.6 is 12.2 Å². The Labute approximate surface area is 154 Å². The molecular weight excluding hydrogens is 336 g/mol. The number of anilines is 1. The van der Waals surface area contributed by atoms with Gasteiger partial charge in [-0.05, 0) is 45.5 Å². The molecule has 0 aliphatic carbocycles. The Morgan fingerprint density at radius 3 is 2.52 bits per heavy atom. The van der Waals surface area contributed by atoms with Gasteiger partial charge in [0.05, 0.1) is 6.54 Å². The predicted octanol–water partition coefficient (Wildman–Crippen LogP) is 0.873. The molecule has 0 saturated carbocycles. The van der Waals surface area contributed by atoms with E-state index in [0.29, 0.717) is 24.7 Å². The molecule has 25 heavy (non-hydrogen) atoms. The maximum Gasteiger partial charge on any atom is 0.242 e. The largest absolute Gasteiger partial charge is 0.358 e. The second-order valence-electron chi connectivity index (χ2n) is 7.41. The van der Waals surface area contributed by atoms with E-state index in [-0.39, 0.29) is 17.5 Å². The fraction of sp³-hybridized carbons (Fsp3) is 0.647. The van der Waals surface area contributed by atoms with Crippen molar-refractivity contribution in [3.63, 3.8) is 0 Å². The van der Waals surface area contributed by atoms with Crippen molar-refractivity contribution in [2.45, 2.75) is 38.8 Å². The highest BCUT2D eigenvalue weighted by Gasteiger charge is 2.35. The topological polar surface area (TPSA) is 64.6 Å². The van der Waals surface area contributed by atoms with Crippen LogP contribution in [0.1, 0.15) is 27.2 Å². The summed E-state index contributed by atoms with van der Waals surface area (Å²) in [6.45, 7) is 9.62. The van der Waals surface area contributed by atoms with Crippen LogP contribution in [0.4, 0.5) is 5.95 Å². The first kappa shape index (κ1) is 17.8. The molecule has 136 valence electrons. The number of hydrogen-bond acceptors (Lipinski definition) is 5. The Balaban J connectivity index is 1.54. The van der Waals surface area contributed by atoms with Crippen molar-refractivity contribution in [3.8, 4) is 0 Å². The number of rotatable bonds is 3. The molecule has 1 unspecified atom stereocenters. The Bertz CT molecular complexity index is 629. The SMILES string of the molecule is CC1CC(C)(C)NC(=S)N1CC(=O)N1CCN(c2ncccn2)CC1. The third-order valence-corrected chi connectivity index (χ3v) is 5.15. The maximum atomic E-state index is 12.7. The van der Waals surface area contributed by atoms with E-state index in [0.717, 1.165) is 25.5 Å². The maximum absolute atomic E-state index is 12.7. The van der Waals surface area contributed by atoms with E-state index in [1.807, 2.05) is 9.80 Å². The van der Waals surface area contributed by atoms with Crippen LogP contribution in [0.5, 0.6) is 0 Å². The molecule has 3 heterocycles. The second kappa shape index (κ2) is 7.11. The standard InChI is InChI=1S/C17H26N6OS/c1-13-11-17(2,3)20-16(25)23(13)12-14(24)21-7-9-22(10-8-21)15-18-5-4-6-19-15/h4-6,13H,7-12H2,1-3H3,(H,20,25). The van der Waals surface area contributed by atoms with Crippen molar-refractivity contribution in [3.05, 3.63) is 18.5 Å². The molecule has 1 N–H and O–H groups in total. The van der Waals surface area contributed by atoms with E-state index in [4.69, 9.17) is 12.2 Å². The van der Waals surface area contributed by atoms with E-state index in [2.05, 4.69) is 41.0 Å². The number of carbonyl (C=O) groups is 1. The minimum atomic E-state index is -0.0165. The summed E-state index contributed by atoms with van der Waals surface area (Å²) >= 11 is 5.47. The molecule has 1 aromatic rings. The minimum Gasteiger partial charge on any atom is -0.358 e. The molecular formula is C17H26N6OS. The van der Waals surface area contributed by atoms with Gasteiger partial charge in [0, 0.05) is 50.2 Å². The van der Waals surface area contributed by atoms with Gasteiger partial charge >= 0.3 is 0 Å². The zero-order valence-electron chi connectivity index (χ0n) is 15.1. The molecule has 7 nitrogen and oxygen atoms in total. The van der Waals surface area contributed by atoms with Gasteiger partial charge in [-0.3, -0.25) is 4.79 Å². The fourth-order valence-electron chi connectivity index (χ4n) is 3.54. The van der Waals surface area contributed by atoms with Crippen LogP contribution < -0.4 is 10.2 Å².